The Kier molecular flexibility index (Phi) is 3.81. The molecular weight excluding hydrogens is 228 g/mol. The second kappa shape index (κ2) is 5.35. The average molecular weight is 248 g/mol. The van der Waals surface area contributed by atoms with E-state index in [1.807, 2.05) is 24.4 Å². The van der Waals surface area contributed by atoms with E-state index in [1.165, 1.54) is 0 Å². The topological polar surface area (TPSA) is 62.5 Å². The highest BCUT2D eigenvalue weighted by Crippen LogP contribution is 2.25. The molecule has 0 unspecified atom stereocenters. The van der Waals surface area contributed by atoms with Gasteiger partial charge in [-0.05, 0) is 25.0 Å². The largest absolute Gasteiger partial charge is 0.396 e. The Bertz CT molecular complexity index is 463. The summed E-state index contributed by atoms with van der Waals surface area (Å²) < 4.78 is 1.74. The molecule has 18 heavy (non-hydrogen) atoms. The Balaban J connectivity index is 2.09. The molecule has 0 aliphatic heterocycles. The lowest BCUT2D eigenvalue weighted by atomic mass is 9.83. The van der Waals surface area contributed by atoms with Crippen LogP contribution in [0.2, 0.25) is 0 Å². The van der Waals surface area contributed by atoms with Crippen LogP contribution in [0.25, 0.3) is 5.65 Å². The Morgan fingerprint density at radius 1 is 1.33 bits per heavy atom. The number of hydrogen-bond donors (Lipinski definition) is 2. The number of aromatic nitrogens is 3. The van der Waals surface area contributed by atoms with Crippen molar-refractivity contribution in [1.29, 1.82) is 0 Å². The predicted molar refractivity (Wildman–Crippen MR) is 71.6 cm³/mol. The molecule has 0 saturated heterocycles. The van der Waals surface area contributed by atoms with Crippen molar-refractivity contribution in [1.82, 2.24) is 14.6 Å². The Morgan fingerprint density at radius 3 is 2.72 bits per heavy atom. The molecule has 2 aromatic rings. The predicted octanol–water partition coefficient (Wildman–Crippen LogP) is 1.94. The molecule has 5 nitrogen and oxygen atoms in total. The lowest BCUT2D eigenvalue weighted by Crippen LogP contribution is -2.32. The lowest BCUT2D eigenvalue weighted by Gasteiger charge is -2.29. The summed E-state index contributed by atoms with van der Waals surface area (Å²) in [5, 5.41) is 17.1. The third-order valence-corrected chi connectivity index (χ3v) is 3.70. The minimum atomic E-state index is -0.0858. The first-order valence-electron chi connectivity index (χ1n) is 6.39. The van der Waals surface area contributed by atoms with Crippen molar-refractivity contribution in [3.63, 3.8) is 0 Å². The molecule has 2 heterocycles. The maximum absolute atomic E-state index is 9.51. The summed E-state index contributed by atoms with van der Waals surface area (Å²) in [5.74, 6) is 0.612. The van der Waals surface area contributed by atoms with Crippen molar-refractivity contribution in [3.05, 3.63) is 24.4 Å². The molecular formula is C13H20N4O. The highest BCUT2D eigenvalue weighted by atomic mass is 16.3. The van der Waals surface area contributed by atoms with Gasteiger partial charge in [-0.1, -0.05) is 19.9 Å². The van der Waals surface area contributed by atoms with E-state index in [0.29, 0.717) is 12.5 Å². The zero-order chi connectivity index (χ0) is 13.0. The minimum Gasteiger partial charge on any atom is -0.396 e. The first-order valence-corrected chi connectivity index (χ1v) is 6.39. The van der Waals surface area contributed by atoms with Crippen LogP contribution in [-0.4, -0.2) is 32.9 Å². The molecule has 0 amide bonds. The number of hydrogen-bond acceptors (Lipinski definition) is 4. The van der Waals surface area contributed by atoms with Gasteiger partial charge in [-0.15, -0.1) is 5.10 Å². The number of rotatable bonds is 6. The van der Waals surface area contributed by atoms with Gasteiger partial charge in [0.25, 0.3) is 0 Å². The van der Waals surface area contributed by atoms with Crippen molar-refractivity contribution < 1.29 is 5.11 Å². The second-order valence-corrected chi connectivity index (χ2v) is 4.66. The molecule has 0 fully saturated rings. The van der Waals surface area contributed by atoms with Crippen molar-refractivity contribution in [2.45, 2.75) is 26.7 Å². The van der Waals surface area contributed by atoms with Crippen LogP contribution in [0.1, 0.15) is 26.7 Å². The summed E-state index contributed by atoms with van der Waals surface area (Å²) in [6.45, 7) is 5.06. The summed E-state index contributed by atoms with van der Waals surface area (Å²) in [4.78, 5) is 4.38. The molecule has 0 bridgehead atoms. The van der Waals surface area contributed by atoms with Crippen LogP contribution in [0.5, 0.6) is 0 Å². The summed E-state index contributed by atoms with van der Waals surface area (Å²) >= 11 is 0. The van der Waals surface area contributed by atoms with E-state index in [4.69, 9.17) is 0 Å². The van der Waals surface area contributed by atoms with Gasteiger partial charge in [0.2, 0.25) is 5.95 Å². The van der Waals surface area contributed by atoms with Gasteiger partial charge in [0.1, 0.15) is 0 Å². The van der Waals surface area contributed by atoms with Crippen LogP contribution in [0.4, 0.5) is 5.95 Å². The Hall–Kier alpha value is -1.62. The highest BCUT2D eigenvalue weighted by Gasteiger charge is 2.25. The first-order chi connectivity index (χ1) is 8.73. The highest BCUT2D eigenvalue weighted by molar-refractivity contribution is 5.42. The molecule has 2 aromatic heterocycles. The van der Waals surface area contributed by atoms with Crippen molar-refractivity contribution in [2.75, 3.05) is 18.5 Å². The number of anilines is 1. The number of aliphatic hydroxyl groups excluding tert-OH is 1. The van der Waals surface area contributed by atoms with Crippen LogP contribution in [0.3, 0.4) is 0 Å². The maximum atomic E-state index is 9.51. The van der Waals surface area contributed by atoms with E-state index < -0.39 is 0 Å². The fraction of sp³-hybridized carbons (Fsp3) is 0.538. The van der Waals surface area contributed by atoms with Crippen LogP contribution >= 0.6 is 0 Å². The summed E-state index contributed by atoms with van der Waals surface area (Å²) in [5.41, 5.74) is 0.736. The molecule has 2 N–H and O–H groups in total. The van der Waals surface area contributed by atoms with Crippen LogP contribution in [0.15, 0.2) is 24.4 Å². The molecule has 0 atom stereocenters. The zero-order valence-corrected chi connectivity index (χ0v) is 10.9. The van der Waals surface area contributed by atoms with Crippen LogP contribution in [-0.2, 0) is 0 Å². The van der Waals surface area contributed by atoms with Crippen molar-refractivity contribution >= 4 is 11.6 Å². The van der Waals surface area contributed by atoms with E-state index in [-0.39, 0.29) is 12.0 Å². The van der Waals surface area contributed by atoms with Gasteiger partial charge >= 0.3 is 0 Å². The van der Waals surface area contributed by atoms with Gasteiger partial charge in [-0.3, -0.25) is 0 Å². The van der Waals surface area contributed by atoms with Gasteiger partial charge in [0.15, 0.2) is 5.65 Å². The van der Waals surface area contributed by atoms with Gasteiger partial charge in [0.05, 0.1) is 6.61 Å². The summed E-state index contributed by atoms with van der Waals surface area (Å²) in [7, 11) is 0. The van der Waals surface area contributed by atoms with E-state index in [0.717, 1.165) is 18.5 Å². The molecule has 0 aliphatic rings. The van der Waals surface area contributed by atoms with Crippen molar-refractivity contribution in [3.8, 4) is 0 Å². The number of nitrogens with zero attached hydrogens (tertiary/aromatic N) is 3. The monoisotopic (exact) mass is 248 g/mol. The van der Waals surface area contributed by atoms with Gasteiger partial charge in [0, 0.05) is 18.2 Å². The smallest absolute Gasteiger partial charge is 0.243 e. The zero-order valence-electron chi connectivity index (χ0n) is 10.9. The number of aliphatic hydroxyl groups is 1. The Morgan fingerprint density at radius 2 is 2.11 bits per heavy atom. The molecule has 0 aromatic carbocycles. The third kappa shape index (κ3) is 2.46. The van der Waals surface area contributed by atoms with Gasteiger partial charge in [-0.2, -0.15) is 4.98 Å². The average Bonchev–Trinajstić information content (AvgIpc) is 2.84. The van der Waals surface area contributed by atoms with Crippen molar-refractivity contribution in [2.24, 2.45) is 5.41 Å². The fourth-order valence-electron chi connectivity index (χ4n) is 1.95. The standard InChI is InChI=1S/C13H20N4O/c1-3-13(4-2,10-18)9-14-12-15-11-7-5-6-8-17(11)16-12/h5-8,18H,3-4,9-10H2,1-2H3,(H,14,16). The third-order valence-electron chi connectivity index (χ3n) is 3.70. The maximum Gasteiger partial charge on any atom is 0.243 e. The van der Waals surface area contributed by atoms with Gasteiger partial charge < -0.3 is 10.4 Å². The fourth-order valence-corrected chi connectivity index (χ4v) is 1.95. The second-order valence-electron chi connectivity index (χ2n) is 4.66. The molecule has 2 rings (SSSR count). The molecule has 0 saturated carbocycles. The lowest BCUT2D eigenvalue weighted by molar-refractivity contribution is 0.127. The molecule has 98 valence electrons. The first kappa shape index (κ1) is 12.8. The summed E-state index contributed by atoms with van der Waals surface area (Å²) in [6, 6.07) is 5.77. The molecule has 0 aliphatic carbocycles. The quantitative estimate of drug-likeness (QED) is 0.820. The number of pyridine rings is 1. The molecule has 5 heteroatoms. The van der Waals surface area contributed by atoms with E-state index in [9.17, 15) is 5.11 Å². The SMILES string of the molecule is CCC(CC)(CO)CNc1nc2ccccn2n1. The molecule has 0 spiro atoms. The number of nitrogens with one attached hydrogen (secondary N) is 1. The van der Waals surface area contributed by atoms with E-state index in [1.54, 1.807) is 4.52 Å². The van der Waals surface area contributed by atoms with E-state index in [2.05, 4.69) is 29.2 Å². The van der Waals surface area contributed by atoms with Crippen LogP contribution < -0.4 is 5.32 Å². The van der Waals surface area contributed by atoms with Gasteiger partial charge in [-0.25, -0.2) is 4.52 Å². The molecule has 0 radical (unpaired) electrons. The van der Waals surface area contributed by atoms with Crippen LogP contribution in [0, 0.1) is 5.41 Å². The van der Waals surface area contributed by atoms with E-state index >= 15 is 0 Å². The normalized spacial score (nSPS) is 11.9. The Labute approximate surface area is 107 Å². The number of fused-ring (bicyclic) bond motifs is 1. The minimum absolute atomic E-state index is 0.0858. The summed E-state index contributed by atoms with van der Waals surface area (Å²) in [6.07, 6.45) is 3.73.